The molecule has 0 aliphatic rings. The van der Waals surface area contributed by atoms with Crippen molar-refractivity contribution < 1.29 is 13.9 Å². The zero-order valence-corrected chi connectivity index (χ0v) is 12.7. The number of ether oxygens (including phenoxy) is 1. The van der Waals surface area contributed by atoms with E-state index in [0.717, 1.165) is 16.6 Å². The molecule has 1 heterocycles. The van der Waals surface area contributed by atoms with E-state index in [9.17, 15) is 4.79 Å². The van der Waals surface area contributed by atoms with Crippen molar-refractivity contribution in [2.24, 2.45) is 5.10 Å². The van der Waals surface area contributed by atoms with Gasteiger partial charge in [0.2, 0.25) is 5.76 Å². The normalized spacial score (nSPS) is 11.0. The van der Waals surface area contributed by atoms with Gasteiger partial charge in [-0.25, -0.2) is 4.79 Å². The molecule has 0 aliphatic heterocycles. The molecule has 0 radical (unpaired) electrons. The van der Waals surface area contributed by atoms with E-state index in [1.807, 2.05) is 48.5 Å². The van der Waals surface area contributed by atoms with E-state index in [1.165, 1.54) is 0 Å². The molecule has 0 spiro atoms. The number of benzene rings is 2. The molecule has 0 fully saturated rings. The van der Waals surface area contributed by atoms with Crippen LogP contribution in [0.4, 0.5) is 5.69 Å². The Morgan fingerprint density at radius 2 is 2.04 bits per heavy atom. The number of nitrogens with zero attached hydrogens (tertiary/aromatic N) is 1. The lowest BCUT2D eigenvalue weighted by atomic mass is 10.2. The molecule has 23 heavy (non-hydrogen) atoms. The summed E-state index contributed by atoms with van der Waals surface area (Å²) in [6, 6.07) is 16.9. The third-order valence-electron chi connectivity index (χ3n) is 3.20. The van der Waals surface area contributed by atoms with E-state index in [4.69, 9.17) is 9.15 Å². The van der Waals surface area contributed by atoms with Gasteiger partial charge >= 0.3 is 5.97 Å². The first-order chi connectivity index (χ1) is 11.3. The number of hydrogen-bond acceptors (Lipinski definition) is 5. The average molecular weight is 308 g/mol. The average Bonchev–Trinajstić information content (AvgIpc) is 2.99. The van der Waals surface area contributed by atoms with Gasteiger partial charge < -0.3 is 9.15 Å². The van der Waals surface area contributed by atoms with Crippen molar-refractivity contribution in [3.05, 3.63) is 65.9 Å². The summed E-state index contributed by atoms with van der Waals surface area (Å²) in [4.78, 5) is 11.7. The van der Waals surface area contributed by atoms with Gasteiger partial charge in [0.05, 0.1) is 18.5 Å². The highest BCUT2D eigenvalue weighted by Crippen LogP contribution is 2.21. The van der Waals surface area contributed by atoms with Crippen molar-refractivity contribution in [3.63, 3.8) is 0 Å². The molecule has 0 atom stereocenters. The molecule has 5 heteroatoms. The van der Waals surface area contributed by atoms with Crippen molar-refractivity contribution >= 4 is 28.8 Å². The predicted molar refractivity (Wildman–Crippen MR) is 89.8 cm³/mol. The number of fused-ring (bicyclic) bond motifs is 1. The van der Waals surface area contributed by atoms with Crippen LogP contribution in [0.25, 0.3) is 11.0 Å². The Balaban J connectivity index is 1.76. The van der Waals surface area contributed by atoms with Crippen LogP contribution in [-0.2, 0) is 4.74 Å². The number of esters is 1. The fraction of sp³-hybridized carbons (Fsp3) is 0.111. The van der Waals surface area contributed by atoms with Gasteiger partial charge in [-0.05, 0) is 48.9 Å². The Hall–Kier alpha value is -3.08. The molecule has 1 aromatic heterocycles. The SMILES string of the molecule is CCOC(=O)c1cc2cc(C=NNc3ccccc3)ccc2o1. The number of carbonyl (C=O) groups is 1. The van der Waals surface area contributed by atoms with Gasteiger partial charge in [-0.1, -0.05) is 18.2 Å². The number of furan rings is 1. The number of hydrogen-bond donors (Lipinski definition) is 1. The first-order valence-electron chi connectivity index (χ1n) is 7.31. The summed E-state index contributed by atoms with van der Waals surface area (Å²) in [5.74, 6) is -0.247. The molecule has 0 bridgehead atoms. The van der Waals surface area contributed by atoms with Crippen molar-refractivity contribution in [2.75, 3.05) is 12.0 Å². The van der Waals surface area contributed by atoms with Gasteiger partial charge in [0.15, 0.2) is 0 Å². The standard InChI is InChI=1S/C18H16N2O3/c1-2-22-18(21)17-11-14-10-13(8-9-16(14)23-17)12-19-20-15-6-4-3-5-7-15/h3-12,20H,2H2,1H3. The number of anilines is 1. The number of carbonyl (C=O) groups excluding carboxylic acids is 1. The zero-order valence-electron chi connectivity index (χ0n) is 12.7. The molecule has 0 saturated carbocycles. The summed E-state index contributed by atoms with van der Waals surface area (Å²) < 4.78 is 10.4. The predicted octanol–water partition coefficient (Wildman–Crippen LogP) is 4.06. The minimum Gasteiger partial charge on any atom is -0.460 e. The lowest BCUT2D eigenvalue weighted by Gasteiger charge is -1.98. The number of hydrazone groups is 1. The summed E-state index contributed by atoms with van der Waals surface area (Å²) in [6.45, 7) is 2.08. The minimum atomic E-state index is -0.454. The Morgan fingerprint density at radius 3 is 2.83 bits per heavy atom. The summed E-state index contributed by atoms with van der Waals surface area (Å²) in [7, 11) is 0. The molecule has 116 valence electrons. The van der Waals surface area contributed by atoms with Crippen LogP contribution in [0.1, 0.15) is 23.0 Å². The van der Waals surface area contributed by atoms with Gasteiger partial charge in [-0.2, -0.15) is 5.10 Å². The van der Waals surface area contributed by atoms with Crippen LogP contribution in [0.2, 0.25) is 0 Å². The monoisotopic (exact) mass is 308 g/mol. The Labute approximate surface area is 133 Å². The molecular formula is C18H16N2O3. The van der Waals surface area contributed by atoms with Gasteiger partial charge in [0, 0.05) is 5.39 Å². The molecular weight excluding hydrogens is 292 g/mol. The Kier molecular flexibility index (Phi) is 4.38. The number of para-hydroxylation sites is 1. The van der Waals surface area contributed by atoms with Crippen molar-refractivity contribution in [1.29, 1.82) is 0 Å². The van der Waals surface area contributed by atoms with Crippen molar-refractivity contribution in [1.82, 2.24) is 0 Å². The second-order valence-corrected chi connectivity index (χ2v) is 4.86. The fourth-order valence-corrected chi connectivity index (χ4v) is 2.14. The minimum absolute atomic E-state index is 0.207. The van der Waals surface area contributed by atoms with Crippen LogP contribution in [0.5, 0.6) is 0 Å². The van der Waals surface area contributed by atoms with Crippen LogP contribution in [0.3, 0.4) is 0 Å². The van der Waals surface area contributed by atoms with Crippen molar-refractivity contribution in [3.8, 4) is 0 Å². The molecule has 3 rings (SSSR count). The molecule has 3 aromatic rings. The first-order valence-corrected chi connectivity index (χ1v) is 7.31. The highest BCUT2D eigenvalue weighted by molar-refractivity contribution is 5.94. The van der Waals surface area contributed by atoms with Crippen LogP contribution in [0, 0.1) is 0 Å². The topological polar surface area (TPSA) is 63.8 Å². The molecule has 0 saturated heterocycles. The van der Waals surface area contributed by atoms with E-state index >= 15 is 0 Å². The largest absolute Gasteiger partial charge is 0.460 e. The van der Waals surface area contributed by atoms with Crippen LogP contribution in [-0.4, -0.2) is 18.8 Å². The third kappa shape index (κ3) is 3.58. The van der Waals surface area contributed by atoms with Crippen LogP contribution >= 0.6 is 0 Å². The molecule has 5 nitrogen and oxygen atoms in total. The summed E-state index contributed by atoms with van der Waals surface area (Å²) in [5.41, 5.74) is 5.41. The summed E-state index contributed by atoms with van der Waals surface area (Å²) in [5, 5.41) is 5.02. The Morgan fingerprint density at radius 1 is 1.22 bits per heavy atom. The summed E-state index contributed by atoms with van der Waals surface area (Å²) >= 11 is 0. The second-order valence-electron chi connectivity index (χ2n) is 4.86. The van der Waals surface area contributed by atoms with Gasteiger partial charge in [0.25, 0.3) is 0 Å². The molecule has 1 N–H and O–H groups in total. The van der Waals surface area contributed by atoms with E-state index in [1.54, 1.807) is 19.2 Å². The number of nitrogens with one attached hydrogen (secondary N) is 1. The lowest BCUT2D eigenvalue weighted by molar-refractivity contribution is 0.0492. The lowest BCUT2D eigenvalue weighted by Crippen LogP contribution is -2.02. The van der Waals surface area contributed by atoms with Gasteiger partial charge in [-0.15, -0.1) is 0 Å². The van der Waals surface area contributed by atoms with Crippen molar-refractivity contribution in [2.45, 2.75) is 6.92 Å². The smallest absolute Gasteiger partial charge is 0.374 e. The Bertz CT molecular complexity index is 838. The maximum Gasteiger partial charge on any atom is 0.374 e. The third-order valence-corrected chi connectivity index (χ3v) is 3.20. The highest BCUT2D eigenvalue weighted by Gasteiger charge is 2.13. The van der Waals surface area contributed by atoms with E-state index in [0.29, 0.717) is 12.2 Å². The molecule has 2 aromatic carbocycles. The zero-order chi connectivity index (χ0) is 16.1. The van der Waals surface area contributed by atoms with E-state index < -0.39 is 5.97 Å². The molecule has 0 unspecified atom stereocenters. The van der Waals surface area contributed by atoms with Gasteiger partial charge in [-0.3, -0.25) is 5.43 Å². The summed E-state index contributed by atoms with van der Waals surface area (Å²) in [6.07, 6.45) is 1.71. The highest BCUT2D eigenvalue weighted by atomic mass is 16.5. The first kappa shape index (κ1) is 14.8. The van der Waals surface area contributed by atoms with Crippen LogP contribution in [0.15, 0.2) is 64.1 Å². The molecule has 0 amide bonds. The van der Waals surface area contributed by atoms with E-state index in [-0.39, 0.29) is 5.76 Å². The van der Waals surface area contributed by atoms with Gasteiger partial charge in [0.1, 0.15) is 5.58 Å². The molecule has 0 aliphatic carbocycles. The second kappa shape index (κ2) is 6.79. The number of rotatable bonds is 5. The van der Waals surface area contributed by atoms with Crippen LogP contribution < -0.4 is 5.43 Å². The maximum atomic E-state index is 11.7. The quantitative estimate of drug-likeness (QED) is 0.438. The van der Waals surface area contributed by atoms with E-state index in [2.05, 4.69) is 10.5 Å². The maximum absolute atomic E-state index is 11.7. The fourth-order valence-electron chi connectivity index (χ4n) is 2.14.